The number of hydrogen-bond donors (Lipinski definition) is 1. The van der Waals surface area contributed by atoms with Crippen LogP contribution in [0.3, 0.4) is 0 Å². The number of carbonyl (C=O) groups is 1. The fraction of sp³-hybridized carbons (Fsp3) is 0.667. The van der Waals surface area contributed by atoms with Gasteiger partial charge in [-0.15, -0.1) is 0 Å². The van der Waals surface area contributed by atoms with Crippen LogP contribution >= 0.6 is 0 Å². The Morgan fingerprint density at radius 1 is 1.67 bits per heavy atom. The van der Waals surface area contributed by atoms with Crippen molar-refractivity contribution >= 4 is 5.97 Å². The molecule has 0 fully saturated rings. The van der Waals surface area contributed by atoms with Gasteiger partial charge < -0.3 is 5.11 Å². The lowest BCUT2D eigenvalue weighted by Gasteiger charge is -2.04. The first-order chi connectivity index (χ1) is 4.09. The molecule has 3 heteroatoms. The van der Waals surface area contributed by atoms with E-state index >= 15 is 0 Å². The van der Waals surface area contributed by atoms with Gasteiger partial charge in [0.1, 0.15) is 5.92 Å². The Kier molecular flexibility index (Phi) is 2.72. The first-order valence-corrected chi connectivity index (χ1v) is 2.72. The minimum Gasteiger partial charge on any atom is -0.480 e. The SMILES string of the molecule is CC(C)[C@H](C#N)C(=O)O. The number of carboxylic acids is 1. The molecule has 0 aromatic rings. The second kappa shape index (κ2) is 3.08. The van der Waals surface area contributed by atoms with Gasteiger partial charge in [-0.3, -0.25) is 4.79 Å². The van der Waals surface area contributed by atoms with E-state index in [4.69, 9.17) is 10.4 Å². The monoisotopic (exact) mass is 127 g/mol. The standard InChI is InChI=1S/C6H9NO2/c1-4(2)5(3-7)6(8)9/h4-5H,1-2H3,(H,8,9)/t5-/m0/s1. The van der Waals surface area contributed by atoms with Gasteiger partial charge in [-0.1, -0.05) is 13.8 Å². The van der Waals surface area contributed by atoms with E-state index in [0.717, 1.165) is 0 Å². The van der Waals surface area contributed by atoms with Gasteiger partial charge in [0.2, 0.25) is 0 Å². The van der Waals surface area contributed by atoms with Crippen LogP contribution in [0.15, 0.2) is 0 Å². The molecule has 0 saturated heterocycles. The molecule has 0 aromatic carbocycles. The molecule has 3 nitrogen and oxygen atoms in total. The molecule has 0 amide bonds. The van der Waals surface area contributed by atoms with Gasteiger partial charge in [-0.2, -0.15) is 5.26 Å². The first-order valence-electron chi connectivity index (χ1n) is 2.72. The van der Waals surface area contributed by atoms with Crippen LogP contribution in [0.4, 0.5) is 0 Å². The quantitative estimate of drug-likeness (QED) is 0.598. The van der Waals surface area contributed by atoms with Gasteiger partial charge in [0.05, 0.1) is 6.07 Å². The minimum absolute atomic E-state index is 0.104. The Bertz CT molecular complexity index is 146. The van der Waals surface area contributed by atoms with Crippen LogP contribution in [0.2, 0.25) is 0 Å². The maximum atomic E-state index is 10.1. The second-order valence-electron chi connectivity index (χ2n) is 2.19. The average molecular weight is 127 g/mol. The molecule has 0 saturated carbocycles. The van der Waals surface area contributed by atoms with E-state index in [1.165, 1.54) is 0 Å². The van der Waals surface area contributed by atoms with Crippen LogP contribution in [0.1, 0.15) is 13.8 Å². The third-order valence-corrected chi connectivity index (χ3v) is 1.07. The summed E-state index contributed by atoms with van der Waals surface area (Å²) in [5.41, 5.74) is 0. The molecule has 0 aliphatic rings. The van der Waals surface area contributed by atoms with Gasteiger partial charge in [-0.25, -0.2) is 0 Å². The first kappa shape index (κ1) is 7.96. The van der Waals surface area contributed by atoms with E-state index in [0.29, 0.717) is 0 Å². The highest BCUT2D eigenvalue weighted by molar-refractivity contribution is 5.73. The number of nitriles is 1. The molecule has 0 aliphatic carbocycles. The van der Waals surface area contributed by atoms with Crippen LogP contribution in [0, 0.1) is 23.2 Å². The summed E-state index contributed by atoms with van der Waals surface area (Å²) in [6.45, 7) is 3.42. The molecular weight excluding hydrogens is 118 g/mol. The summed E-state index contributed by atoms with van der Waals surface area (Å²) in [6.07, 6.45) is 0. The lowest BCUT2D eigenvalue weighted by molar-refractivity contribution is -0.140. The summed E-state index contributed by atoms with van der Waals surface area (Å²) in [5, 5.41) is 16.6. The van der Waals surface area contributed by atoms with Gasteiger partial charge >= 0.3 is 5.97 Å². The van der Waals surface area contributed by atoms with Crippen LogP contribution in [0.25, 0.3) is 0 Å². The van der Waals surface area contributed by atoms with E-state index in [2.05, 4.69) is 0 Å². The molecule has 1 N–H and O–H groups in total. The van der Waals surface area contributed by atoms with E-state index in [9.17, 15) is 4.79 Å². The minimum atomic E-state index is -1.03. The van der Waals surface area contributed by atoms with Crippen molar-refractivity contribution in [2.75, 3.05) is 0 Å². The molecule has 50 valence electrons. The highest BCUT2D eigenvalue weighted by Crippen LogP contribution is 2.08. The molecule has 0 unspecified atom stereocenters. The van der Waals surface area contributed by atoms with Gasteiger partial charge in [0.15, 0.2) is 0 Å². The van der Waals surface area contributed by atoms with Crippen molar-refractivity contribution in [2.45, 2.75) is 13.8 Å². The Balaban J connectivity index is 4.04. The van der Waals surface area contributed by atoms with Gasteiger partial charge in [0.25, 0.3) is 0 Å². The lowest BCUT2D eigenvalue weighted by atomic mass is 9.98. The van der Waals surface area contributed by atoms with Crippen LogP contribution in [0.5, 0.6) is 0 Å². The Labute approximate surface area is 53.9 Å². The number of rotatable bonds is 2. The highest BCUT2D eigenvalue weighted by atomic mass is 16.4. The lowest BCUT2D eigenvalue weighted by Crippen LogP contribution is -2.17. The molecule has 0 aliphatic heterocycles. The molecule has 0 aromatic heterocycles. The second-order valence-corrected chi connectivity index (χ2v) is 2.19. The normalized spacial score (nSPS) is 12.7. The fourth-order valence-electron chi connectivity index (χ4n) is 0.489. The van der Waals surface area contributed by atoms with Crippen molar-refractivity contribution in [1.82, 2.24) is 0 Å². The zero-order chi connectivity index (χ0) is 7.44. The van der Waals surface area contributed by atoms with Gasteiger partial charge in [-0.05, 0) is 5.92 Å². The average Bonchev–Trinajstić information content (AvgIpc) is 1.64. The molecule has 0 bridgehead atoms. The van der Waals surface area contributed by atoms with Crippen molar-refractivity contribution < 1.29 is 9.90 Å². The molecule has 0 rings (SSSR count). The molecular formula is C6H9NO2. The Morgan fingerprint density at radius 2 is 2.11 bits per heavy atom. The Hall–Kier alpha value is -1.04. The Morgan fingerprint density at radius 3 is 2.11 bits per heavy atom. The summed E-state index contributed by atoms with van der Waals surface area (Å²) in [4.78, 5) is 10.1. The number of hydrogen-bond acceptors (Lipinski definition) is 2. The molecule has 1 atom stereocenters. The van der Waals surface area contributed by atoms with Crippen LogP contribution in [-0.2, 0) is 4.79 Å². The van der Waals surface area contributed by atoms with Crippen molar-refractivity contribution in [3.8, 4) is 6.07 Å². The molecule has 9 heavy (non-hydrogen) atoms. The summed E-state index contributed by atoms with van der Waals surface area (Å²) >= 11 is 0. The zero-order valence-corrected chi connectivity index (χ0v) is 5.46. The van der Waals surface area contributed by atoms with Crippen molar-refractivity contribution in [1.29, 1.82) is 5.26 Å². The number of nitrogens with zero attached hydrogens (tertiary/aromatic N) is 1. The van der Waals surface area contributed by atoms with Crippen LogP contribution in [-0.4, -0.2) is 11.1 Å². The smallest absolute Gasteiger partial charge is 0.321 e. The topological polar surface area (TPSA) is 61.1 Å². The van der Waals surface area contributed by atoms with E-state index in [-0.39, 0.29) is 5.92 Å². The van der Waals surface area contributed by atoms with Crippen molar-refractivity contribution in [2.24, 2.45) is 11.8 Å². The van der Waals surface area contributed by atoms with E-state index in [1.54, 1.807) is 19.9 Å². The highest BCUT2D eigenvalue weighted by Gasteiger charge is 2.19. The summed E-state index contributed by atoms with van der Waals surface area (Å²) < 4.78 is 0. The summed E-state index contributed by atoms with van der Waals surface area (Å²) in [6, 6.07) is 1.70. The molecule has 0 heterocycles. The van der Waals surface area contributed by atoms with Crippen LogP contribution < -0.4 is 0 Å². The number of aliphatic carboxylic acids is 1. The third kappa shape index (κ3) is 2.13. The third-order valence-electron chi connectivity index (χ3n) is 1.07. The van der Waals surface area contributed by atoms with Gasteiger partial charge in [0, 0.05) is 0 Å². The van der Waals surface area contributed by atoms with E-state index in [1.807, 2.05) is 0 Å². The predicted molar refractivity (Wildman–Crippen MR) is 31.6 cm³/mol. The molecule has 0 radical (unpaired) electrons. The summed E-state index contributed by atoms with van der Waals surface area (Å²) in [7, 11) is 0. The van der Waals surface area contributed by atoms with Crippen molar-refractivity contribution in [3.05, 3.63) is 0 Å². The maximum Gasteiger partial charge on any atom is 0.321 e. The van der Waals surface area contributed by atoms with E-state index < -0.39 is 11.9 Å². The summed E-state index contributed by atoms with van der Waals surface area (Å²) in [5.74, 6) is -2.00. The van der Waals surface area contributed by atoms with Crippen molar-refractivity contribution in [3.63, 3.8) is 0 Å². The predicted octanol–water partition coefficient (Wildman–Crippen LogP) is 0.867. The fourth-order valence-corrected chi connectivity index (χ4v) is 0.489. The molecule has 0 spiro atoms. The zero-order valence-electron chi connectivity index (χ0n) is 5.46. The largest absolute Gasteiger partial charge is 0.480 e. The number of carboxylic acid groups (broad SMARTS) is 1. The maximum absolute atomic E-state index is 10.1.